The Morgan fingerprint density at radius 3 is 2.70 bits per heavy atom. The average molecular weight is 415 g/mol. The van der Waals surface area contributed by atoms with Gasteiger partial charge in [0.15, 0.2) is 0 Å². The molecule has 1 aromatic heterocycles. The molecule has 1 atom stereocenters. The fraction of sp³-hybridized carbons (Fsp3) is 0.364. The molecule has 2 heterocycles. The summed E-state index contributed by atoms with van der Waals surface area (Å²) in [6, 6.07) is 9.46. The Balaban J connectivity index is 0.00000272. The van der Waals surface area contributed by atoms with E-state index in [0.717, 1.165) is 55.5 Å². The maximum absolute atomic E-state index is 13.5. The largest absolute Gasteiger partial charge is 0.375 e. The minimum Gasteiger partial charge on any atom is -0.375 e. The second-order valence-electron chi connectivity index (χ2n) is 7.55. The Labute approximate surface area is 176 Å². The van der Waals surface area contributed by atoms with Crippen LogP contribution in [0.4, 0.5) is 26.1 Å². The Morgan fingerprint density at radius 1 is 1.13 bits per heavy atom. The Hall–Kier alpha value is -3.00. The molecule has 3 aromatic rings. The van der Waals surface area contributed by atoms with Gasteiger partial charge < -0.3 is 15.0 Å². The summed E-state index contributed by atoms with van der Waals surface area (Å²) in [5, 5.41) is 7.49. The number of morpholine rings is 1. The lowest BCUT2D eigenvalue weighted by atomic mass is 10.1. The fourth-order valence-electron chi connectivity index (χ4n) is 3.71. The summed E-state index contributed by atoms with van der Waals surface area (Å²) in [7, 11) is 0. The summed E-state index contributed by atoms with van der Waals surface area (Å²) >= 11 is 0. The molecule has 0 saturated carbocycles. The maximum atomic E-state index is 13.5. The van der Waals surface area contributed by atoms with Crippen LogP contribution in [-0.2, 0) is 4.74 Å². The third-order valence-electron chi connectivity index (χ3n) is 5.04. The molecule has 0 aliphatic carbocycles. The van der Waals surface area contributed by atoms with E-state index < -0.39 is 11.6 Å². The van der Waals surface area contributed by atoms with E-state index >= 15 is 0 Å². The lowest BCUT2D eigenvalue weighted by molar-refractivity contribution is 0.0348. The highest BCUT2D eigenvalue weighted by atomic mass is 19.1. The number of rotatable bonds is 6. The molecule has 1 saturated heterocycles. The minimum absolute atomic E-state index is 0. The third kappa shape index (κ3) is 4.76. The van der Waals surface area contributed by atoms with Crippen molar-refractivity contribution in [3.05, 3.63) is 59.9 Å². The number of ether oxygens (including phenoxy) is 1. The zero-order valence-electron chi connectivity index (χ0n) is 17.1. The number of aryl methyl sites for hydroxylation is 1. The molecule has 0 amide bonds. The van der Waals surface area contributed by atoms with Gasteiger partial charge in [-0.15, -0.1) is 5.10 Å². The number of hydrogen-bond donors (Lipinski definition) is 1. The number of anilines is 3. The molecule has 0 spiro atoms. The van der Waals surface area contributed by atoms with Gasteiger partial charge in [0.2, 0.25) is 5.95 Å². The van der Waals surface area contributed by atoms with E-state index in [1.54, 1.807) is 0 Å². The predicted octanol–water partition coefficient (Wildman–Crippen LogP) is 4.85. The SMILES string of the molecule is CCCC1CN(c2cc(C)cc(Nc3ncn(-c4cc(F)cc(F)c4)n3)c2)CCO1.[HH]. The zero-order chi connectivity index (χ0) is 21.1. The monoisotopic (exact) mass is 415 g/mol. The smallest absolute Gasteiger partial charge is 0.246 e. The molecular weight excluding hydrogens is 388 g/mol. The summed E-state index contributed by atoms with van der Waals surface area (Å²) in [6.45, 7) is 6.65. The van der Waals surface area contributed by atoms with Crippen LogP contribution >= 0.6 is 0 Å². The lowest BCUT2D eigenvalue weighted by Gasteiger charge is -2.35. The van der Waals surface area contributed by atoms with Gasteiger partial charge in [-0.25, -0.2) is 13.5 Å². The molecule has 4 rings (SSSR count). The van der Waals surface area contributed by atoms with Crippen molar-refractivity contribution < 1.29 is 14.9 Å². The highest BCUT2D eigenvalue weighted by Gasteiger charge is 2.20. The molecule has 30 heavy (non-hydrogen) atoms. The molecule has 0 bridgehead atoms. The van der Waals surface area contributed by atoms with Crippen molar-refractivity contribution in [1.29, 1.82) is 0 Å². The van der Waals surface area contributed by atoms with Crippen molar-refractivity contribution >= 4 is 17.3 Å². The number of nitrogens with zero attached hydrogens (tertiary/aromatic N) is 4. The highest BCUT2D eigenvalue weighted by Crippen LogP contribution is 2.26. The summed E-state index contributed by atoms with van der Waals surface area (Å²) < 4.78 is 34.1. The van der Waals surface area contributed by atoms with Gasteiger partial charge in [-0.1, -0.05) is 13.3 Å². The van der Waals surface area contributed by atoms with E-state index in [1.807, 2.05) is 13.0 Å². The van der Waals surface area contributed by atoms with Crippen molar-refractivity contribution in [3.8, 4) is 5.69 Å². The van der Waals surface area contributed by atoms with Crippen molar-refractivity contribution in [3.63, 3.8) is 0 Å². The van der Waals surface area contributed by atoms with Gasteiger partial charge in [0.1, 0.15) is 18.0 Å². The second-order valence-corrected chi connectivity index (χ2v) is 7.55. The van der Waals surface area contributed by atoms with Gasteiger partial charge in [-0.2, -0.15) is 4.98 Å². The summed E-state index contributed by atoms with van der Waals surface area (Å²) in [5.74, 6) is -0.975. The Morgan fingerprint density at radius 2 is 1.93 bits per heavy atom. The third-order valence-corrected chi connectivity index (χ3v) is 5.04. The highest BCUT2D eigenvalue weighted by molar-refractivity contribution is 5.64. The van der Waals surface area contributed by atoms with E-state index in [4.69, 9.17) is 4.74 Å². The van der Waals surface area contributed by atoms with Crippen LogP contribution < -0.4 is 10.2 Å². The Bertz CT molecular complexity index is 1010. The number of aromatic nitrogens is 3. The molecule has 1 fully saturated rings. The van der Waals surface area contributed by atoms with Crippen molar-refractivity contribution in [2.75, 3.05) is 29.9 Å². The fourth-order valence-corrected chi connectivity index (χ4v) is 3.71. The zero-order valence-corrected chi connectivity index (χ0v) is 17.1. The quantitative estimate of drug-likeness (QED) is 0.624. The van der Waals surface area contributed by atoms with E-state index in [9.17, 15) is 8.78 Å². The summed E-state index contributed by atoms with van der Waals surface area (Å²) in [6.07, 6.45) is 3.83. The van der Waals surface area contributed by atoms with Crippen LogP contribution in [0.1, 0.15) is 26.8 Å². The summed E-state index contributed by atoms with van der Waals surface area (Å²) in [5.41, 5.74) is 3.36. The maximum Gasteiger partial charge on any atom is 0.246 e. The number of hydrogen-bond acceptors (Lipinski definition) is 5. The molecule has 6 nitrogen and oxygen atoms in total. The standard InChI is InChI=1S/C22H25F2N5O.H2/c1-3-4-21-13-28(5-6-30-21)19-8-15(2)7-18(12-19)26-22-25-14-29(27-22)20-10-16(23)9-17(24)11-20;/h7-12,14,21H,3-6,13H2,1-2H3,(H,26,27);1H. The van der Waals surface area contributed by atoms with Crippen LogP contribution in [0.5, 0.6) is 0 Å². The van der Waals surface area contributed by atoms with Crippen LogP contribution in [0.25, 0.3) is 5.69 Å². The number of benzene rings is 2. The van der Waals surface area contributed by atoms with Crippen LogP contribution in [0, 0.1) is 18.6 Å². The van der Waals surface area contributed by atoms with Crippen LogP contribution in [0.15, 0.2) is 42.7 Å². The van der Waals surface area contributed by atoms with Crippen LogP contribution in [-0.4, -0.2) is 40.6 Å². The van der Waals surface area contributed by atoms with Gasteiger partial charge >= 0.3 is 0 Å². The molecule has 1 unspecified atom stereocenters. The van der Waals surface area contributed by atoms with Gasteiger partial charge in [0.25, 0.3) is 0 Å². The first-order valence-corrected chi connectivity index (χ1v) is 10.1. The molecular formula is C22H27F2N5O. The van der Waals surface area contributed by atoms with Crippen molar-refractivity contribution in [1.82, 2.24) is 14.8 Å². The van der Waals surface area contributed by atoms with Crippen LogP contribution in [0.3, 0.4) is 0 Å². The molecule has 8 heteroatoms. The van der Waals surface area contributed by atoms with Gasteiger partial charge in [0.05, 0.1) is 18.4 Å². The molecule has 1 aliphatic rings. The predicted molar refractivity (Wildman–Crippen MR) is 115 cm³/mol. The lowest BCUT2D eigenvalue weighted by Crippen LogP contribution is -2.42. The number of halogens is 2. The first-order valence-electron chi connectivity index (χ1n) is 10.1. The summed E-state index contributed by atoms with van der Waals surface area (Å²) in [4.78, 5) is 6.55. The van der Waals surface area contributed by atoms with E-state index in [1.165, 1.54) is 23.1 Å². The normalized spacial score (nSPS) is 16.7. The van der Waals surface area contributed by atoms with E-state index in [0.29, 0.717) is 5.95 Å². The van der Waals surface area contributed by atoms with E-state index in [2.05, 4.69) is 39.4 Å². The first-order chi connectivity index (χ1) is 14.5. The minimum atomic E-state index is -0.662. The van der Waals surface area contributed by atoms with Gasteiger partial charge in [-0.05, 0) is 49.2 Å². The molecule has 1 N–H and O–H groups in total. The van der Waals surface area contributed by atoms with Crippen LogP contribution in [0.2, 0.25) is 0 Å². The van der Waals surface area contributed by atoms with Crippen molar-refractivity contribution in [2.24, 2.45) is 0 Å². The molecule has 1 aliphatic heterocycles. The second kappa shape index (κ2) is 8.79. The molecule has 160 valence electrons. The molecule has 2 aromatic carbocycles. The Kier molecular flexibility index (Phi) is 5.94. The average Bonchev–Trinajstić information content (AvgIpc) is 3.16. The van der Waals surface area contributed by atoms with Gasteiger partial charge in [-0.3, -0.25) is 0 Å². The topological polar surface area (TPSA) is 55.2 Å². The van der Waals surface area contributed by atoms with Gasteiger partial charge in [0, 0.05) is 32.0 Å². The van der Waals surface area contributed by atoms with E-state index in [-0.39, 0.29) is 13.2 Å². The van der Waals surface area contributed by atoms with Crippen molar-refractivity contribution in [2.45, 2.75) is 32.8 Å². The first kappa shape index (κ1) is 20.3. The number of nitrogens with one attached hydrogen (secondary N) is 1. The molecule has 0 radical (unpaired) electrons.